The number of ether oxygens (including phenoxy) is 3. The van der Waals surface area contributed by atoms with Crippen LogP contribution in [-0.2, 0) is 14.2 Å². The van der Waals surface area contributed by atoms with E-state index >= 15 is 0 Å². The molecule has 0 aliphatic carbocycles. The van der Waals surface area contributed by atoms with Crippen LogP contribution in [-0.4, -0.2) is 42.0 Å². The summed E-state index contributed by atoms with van der Waals surface area (Å²) in [6.07, 6.45) is 0.950. The average Bonchev–Trinajstić information content (AvgIpc) is 3.07. The van der Waals surface area contributed by atoms with Crippen molar-refractivity contribution in [1.82, 2.24) is 9.97 Å². The summed E-state index contributed by atoms with van der Waals surface area (Å²) in [5.41, 5.74) is 5.29. The highest BCUT2D eigenvalue weighted by Gasteiger charge is 2.18. The lowest BCUT2D eigenvalue weighted by Gasteiger charge is -2.09. The van der Waals surface area contributed by atoms with Crippen molar-refractivity contribution in [3.8, 4) is 0 Å². The summed E-state index contributed by atoms with van der Waals surface area (Å²) in [4.78, 5) is 27.3. The lowest BCUT2D eigenvalue weighted by molar-refractivity contribution is -0.0809. The van der Waals surface area contributed by atoms with Crippen molar-refractivity contribution in [3.05, 3.63) is 58.6 Å². The van der Waals surface area contributed by atoms with Gasteiger partial charge in [-0.15, -0.1) is 0 Å². The average molecular weight is 319 g/mol. The number of hydrogen-bond acceptors (Lipinski definition) is 7. The predicted molar refractivity (Wildman–Crippen MR) is 81.7 cm³/mol. The molecule has 122 valence electrons. The van der Waals surface area contributed by atoms with Crippen LogP contribution >= 0.6 is 0 Å². The largest absolute Gasteiger partial charge is 0.457 e. The first-order valence-corrected chi connectivity index (χ1v) is 6.91. The highest BCUT2D eigenvalue weighted by Crippen LogP contribution is 2.06. The van der Waals surface area contributed by atoms with E-state index < -0.39 is 12.0 Å². The molecule has 1 aromatic carbocycles. The maximum Gasteiger partial charge on any atom is 0.346 e. The van der Waals surface area contributed by atoms with Gasteiger partial charge >= 0.3 is 11.7 Å². The number of H-pyrrole nitrogens is 1. The number of benzene rings is 1. The molecular weight excluding hydrogens is 302 g/mol. The van der Waals surface area contributed by atoms with Crippen LogP contribution in [0.1, 0.15) is 10.4 Å². The molecule has 0 bridgehead atoms. The van der Waals surface area contributed by atoms with Crippen molar-refractivity contribution in [2.75, 3.05) is 25.6 Å². The summed E-state index contributed by atoms with van der Waals surface area (Å²) >= 11 is 0. The zero-order valence-corrected chi connectivity index (χ0v) is 12.3. The number of nitrogens with zero attached hydrogens (tertiary/aromatic N) is 1. The fraction of sp³-hybridized carbons (Fsp3) is 0.267. The molecule has 1 saturated heterocycles. The molecule has 0 atom stereocenters. The van der Waals surface area contributed by atoms with Crippen LogP contribution in [0.4, 0.5) is 5.82 Å². The second-order valence-electron chi connectivity index (χ2n) is 4.47. The minimum absolute atomic E-state index is 0.147. The summed E-state index contributed by atoms with van der Waals surface area (Å²) < 4.78 is 15.3. The van der Waals surface area contributed by atoms with Crippen LogP contribution in [0, 0.1) is 0 Å². The number of nitrogens with two attached hydrogens (primary N) is 1. The molecule has 2 heterocycles. The molecule has 1 aliphatic rings. The maximum absolute atomic E-state index is 11.5. The van der Waals surface area contributed by atoms with Gasteiger partial charge < -0.3 is 19.9 Å². The van der Waals surface area contributed by atoms with Gasteiger partial charge in [0, 0.05) is 6.20 Å². The molecule has 3 N–H and O–H groups in total. The fourth-order valence-electron chi connectivity index (χ4n) is 1.69. The highest BCUT2D eigenvalue weighted by atomic mass is 16.7. The molecule has 3 rings (SSSR count). The van der Waals surface area contributed by atoms with E-state index in [9.17, 15) is 9.59 Å². The molecule has 1 aliphatic heterocycles. The standard InChI is InChI=1S/C11H12O4.C4H5N3O/c12-11(9-4-2-1-3-5-9)15-8-10-13-6-7-14-10;5-3-1-2-6-4(8)7-3/h1-5,10H,6-8H2;1-2H,(H3,5,6,7,8). The number of anilines is 1. The molecule has 8 nitrogen and oxygen atoms in total. The maximum atomic E-state index is 11.5. The molecule has 8 heteroatoms. The Kier molecular flexibility index (Phi) is 6.28. The summed E-state index contributed by atoms with van der Waals surface area (Å²) in [5.74, 6) is -0.0142. The molecule has 0 saturated carbocycles. The third-order valence-electron chi connectivity index (χ3n) is 2.75. The molecule has 0 unspecified atom stereocenters. The van der Waals surface area contributed by atoms with Crippen molar-refractivity contribution in [1.29, 1.82) is 0 Å². The van der Waals surface area contributed by atoms with Crippen LogP contribution in [0.25, 0.3) is 0 Å². The molecule has 23 heavy (non-hydrogen) atoms. The Morgan fingerprint density at radius 1 is 1.26 bits per heavy atom. The van der Waals surface area contributed by atoms with Gasteiger partial charge in [0.15, 0.2) is 6.29 Å². The van der Waals surface area contributed by atoms with Gasteiger partial charge in [-0.1, -0.05) is 18.2 Å². The van der Waals surface area contributed by atoms with Crippen molar-refractivity contribution in [3.63, 3.8) is 0 Å². The molecular formula is C15H17N3O5. The van der Waals surface area contributed by atoms with Crippen LogP contribution in [0.15, 0.2) is 47.4 Å². The third-order valence-corrected chi connectivity index (χ3v) is 2.75. The predicted octanol–water partition coefficient (Wildman–Crippen LogP) is 0.568. The number of aromatic nitrogens is 2. The lowest BCUT2D eigenvalue weighted by atomic mass is 10.2. The number of hydrogen-bond donors (Lipinski definition) is 2. The zero-order chi connectivity index (χ0) is 16.5. The SMILES string of the molecule is Nc1ccnc(=O)[nH]1.O=C(OCC1OCCO1)c1ccccc1. The normalized spacial score (nSPS) is 13.9. The van der Waals surface area contributed by atoms with Crippen molar-refractivity contribution in [2.24, 2.45) is 0 Å². The molecule has 1 fully saturated rings. The Labute approximate surface area is 132 Å². The third kappa shape index (κ3) is 5.89. The molecule has 0 spiro atoms. The first-order chi connectivity index (χ1) is 11.1. The van der Waals surface area contributed by atoms with Gasteiger partial charge in [0.2, 0.25) is 0 Å². The van der Waals surface area contributed by atoms with Crippen LogP contribution in [0.3, 0.4) is 0 Å². The first-order valence-electron chi connectivity index (χ1n) is 6.91. The Morgan fingerprint density at radius 3 is 2.52 bits per heavy atom. The monoisotopic (exact) mass is 319 g/mol. The van der Waals surface area contributed by atoms with Gasteiger partial charge in [-0.25, -0.2) is 14.6 Å². The van der Waals surface area contributed by atoms with Crippen LogP contribution in [0.2, 0.25) is 0 Å². The van der Waals surface area contributed by atoms with Crippen LogP contribution in [0.5, 0.6) is 0 Å². The highest BCUT2D eigenvalue weighted by molar-refractivity contribution is 5.89. The molecule has 1 aromatic heterocycles. The minimum atomic E-state index is -0.412. The minimum Gasteiger partial charge on any atom is -0.457 e. The van der Waals surface area contributed by atoms with Gasteiger partial charge in [0.05, 0.1) is 18.8 Å². The molecule has 2 aromatic rings. The van der Waals surface area contributed by atoms with E-state index in [0.29, 0.717) is 24.6 Å². The summed E-state index contributed by atoms with van der Waals surface area (Å²) in [7, 11) is 0. The van der Waals surface area contributed by atoms with E-state index in [1.807, 2.05) is 6.07 Å². The number of aromatic amines is 1. The number of nitrogens with one attached hydrogen (secondary N) is 1. The van der Waals surface area contributed by atoms with Gasteiger partial charge in [-0.3, -0.25) is 4.98 Å². The van der Waals surface area contributed by atoms with E-state index in [0.717, 1.165) is 0 Å². The van der Waals surface area contributed by atoms with Crippen molar-refractivity contribution >= 4 is 11.8 Å². The second kappa shape index (κ2) is 8.66. The van der Waals surface area contributed by atoms with E-state index in [1.165, 1.54) is 12.3 Å². The van der Waals surface area contributed by atoms with E-state index in [1.54, 1.807) is 24.3 Å². The van der Waals surface area contributed by atoms with Crippen molar-refractivity contribution in [2.45, 2.75) is 6.29 Å². The van der Waals surface area contributed by atoms with Gasteiger partial charge in [-0.05, 0) is 18.2 Å². The van der Waals surface area contributed by atoms with E-state index in [2.05, 4.69) is 9.97 Å². The zero-order valence-electron chi connectivity index (χ0n) is 12.3. The topological polar surface area (TPSA) is 117 Å². The number of carbonyl (C=O) groups is 1. The number of nitrogen functional groups attached to an aromatic ring is 1. The number of esters is 1. The lowest BCUT2D eigenvalue weighted by Crippen LogP contribution is -2.19. The Balaban J connectivity index is 0.000000203. The van der Waals surface area contributed by atoms with E-state index in [-0.39, 0.29) is 12.6 Å². The molecule has 0 amide bonds. The Hall–Kier alpha value is -2.71. The summed E-state index contributed by atoms with van der Waals surface area (Å²) in [6, 6.07) is 10.4. The van der Waals surface area contributed by atoms with Gasteiger partial charge in [0.1, 0.15) is 12.4 Å². The second-order valence-corrected chi connectivity index (χ2v) is 4.47. The van der Waals surface area contributed by atoms with Crippen LogP contribution < -0.4 is 11.4 Å². The fourth-order valence-corrected chi connectivity index (χ4v) is 1.69. The molecule has 0 radical (unpaired) electrons. The summed E-state index contributed by atoms with van der Waals surface area (Å²) in [5, 5.41) is 0. The van der Waals surface area contributed by atoms with E-state index in [4.69, 9.17) is 19.9 Å². The summed E-state index contributed by atoms with van der Waals surface area (Å²) in [6.45, 7) is 1.27. The van der Waals surface area contributed by atoms with Gasteiger partial charge in [-0.2, -0.15) is 0 Å². The van der Waals surface area contributed by atoms with Crippen molar-refractivity contribution < 1.29 is 19.0 Å². The Morgan fingerprint density at radius 2 is 1.96 bits per heavy atom. The quantitative estimate of drug-likeness (QED) is 0.794. The first kappa shape index (κ1) is 16.7. The van der Waals surface area contributed by atoms with Gasteiger partial charge in [0.25, 0.3) is 0 Å². The number of carbonyl (C=O) groups excluding carboxylic acids is 1. The number of rotatable bonds is 3. The Bertz CT molecular complexity index is 668. The smallest absolute Gasteiger partial charge is 0.346 e.